The fourth-order valence-electron chi connectivity index (χ4n) is 2.46. The highest BCUT2D eigenvalue weighted by atomic mass is 19.4. The normalized spacial score (nSPS) is 17.3. The highest BCUT2D eigenvalue weighted by Crippen LogP contribution is 2.31. The van der Waals surface area contributed by atoms with Crippen LogP contribution >= 0.6 is 0 Å². The summed E-state index contributed by atoms with van der Waals surface area (Å²) >= 11 is 0. The number of rotatable bonds is 6. The summed E-state index contributed by atoms with van der Waals surface area (Å²) in [7, 11) is 0. The van der Waals surface area contributed by atoms with Crippen molar-refractivity contribution in [3.05, 3.63) is 29.8 Å². The molecule has 1 amide bonds. The lowest BCUT2D eigenvalue weighted by Gasteiger charge is -2.22. The average Bonchev–Trinajstić information content (AvgIpc) is 2.58. The fraction of sp³-hybridized carbons (Fsp3) is 0.562. The van der Waals surface area contributed by atoms with Crippen LogP contribution in [0, 0.1) is 5.92 Å². The number of hydrogen-bond acceptors (Lipinski definition) is 4. The van der Waals surface area contributed by atoms with Crippen molar-refractivity contribution in [2.24, 2.45) is 5.92 Å². The Hall–Kier alpha value is -1.80. The number of ether oxygens (including phenoxy) is 1. The van der Waals surface area contributed by atoms with Crippen molar-refractivity contribution in [1.82, 2.24) is 10.6 Å². The van der Waals surface area contributed by atoms with Crippen LogP contribution in [0.3, 0.4) is 0 Å². The molecule has 5 nitrogen and oxygen atoms in total. The van der Waals surface area contributed by atoms with E-state index in [2.05, 4.69) is 10.6 Å². The molecular formula is C16H21F3N2O3. The lowest BCUT2D eigenvalue weighted by Crippen LogP contribution is -2.42. The molecule has 8 heteroatoms. The second-order valence-electron chi connectivity index (χ2n) is 5.76. The summed E-state index contributed by atoms with van der Waals surface area (Å²) in [5.41, 5.74) is -0.811. The van der Waals surface area contributed by atoms with Crippen LogP contribution < -0.4 is 15.4 Å². The first-order valence-corrected chi connectivity index (χ1v) is 7.83. The molecule has 1 aromatic carbocycles. The zero-order chi connectivity index (χ0) is 17.6. The maximum atomic E-state index is 12.6. The third-order valence-electron chi connectivity index (χ3n) is 3.83. The van der Waals surface area contributed by atoms with E-state index in [1.54, 1.807) is 0 Å². The lowest BCUT2D eigenvalue weighted by molar-refractivity contribution is -0.137. The van der Waals surface area contributed by atoms with Gasteiger partial charge in [0, 0.05) is 12.5 Å². The van der Waals surface area contributed by atoms with Gasteiger partial charge in [-0.1, -0.05) is 6.07 Å². The van der Waals surface area contributed by atoms with E-state index in [-0.39, 0.29) is 30.7 Å². The van der Waals surface area contributed by atoms with Gasteiger partial charge in [0.25, 0.3) is 0 Å². The van der Waals surface area contributed by atoms with Gasteiger partial charge in [0.2, 0.25) is 5.91 Å². The summed E-state index contributed by atoms with van der Waals surface area (Å²) in [6.07, 6.45) is -3.93. The van der Waals surface area contributed by atoms with Crippen LogP contribution in [0.25, 0.3) is 0 Å². The molecule has 24 heavy (non-hydrogen) atoms. The number of benzene rings is 1. The molecule has 1 aromatic rings. The van der Waals surface area contributed by atoms with Crippen LogP contribution in [-0.4, -0.2) is 43.4 Å². The van der Waals surface area contributed by atoms with Crippen molar-refractivity contribution in [3.63, 3.8) is 0 Å². The van der Waals surface area contributed by atoms with Crippen molar-refractivity contribution in [2.45, 2.75) is 25.1 Å². The maximum absolute atomic E-state index is 12.6. The number of carbonyl (C=O) groups is 1. The molecule has 3 N–H and O–H groups in total. The van der Waals surface area contributed by atoms with Crippen LogP contribution in [0.2, 0.25) is 0 Å². The zero-order valence-corrected chi connectivity index (χ0v) is 13.1. The van der Waals surface area contributed by atoms with Gasteiger partial charge in [0.15, 0.2) is 0 Å². The van der Waals surface area contributed by atoms with Crippen molar-refractivity contribution in [2.75, 3.05) is 26.2 Å². The summed E-state index contributed by atoms with van der Waals surface area (Å²) in [6, 6.07) is 4.45. The average molecular weight is 346 g/mol. The maximum Gasteiger partial charge on any atom is 0.416 e. The molecule has 0 spiro atoms. The Bertz CT molecular complexity index is 546. The minimum absolute atomic E-state index is 0.00171. The number of alkyl halides is 3. The number of aliphatic hydroxyl groups is 1. The number of nitrogens with one attached hydrogen (secondary N) is 2. The van der Waals surface area contributed by atoms with Gasteiger partial charge in [-0.15, -0.1) is 0 Å². The van der Waals surface area contributed by atoms with Gasteiger partial charge in [-0.25, -0.2) is 0 Å². The molecule has 1 unspecified atom stereocenters. The van der Waals surface area contributed by atoms with E-state index in [1.807, 2.05) is 0 Å². The standard InChI is InChI=1S/C16H21F3N2O3/c17-16(18,19)12-2-1-3-14(8-12)24-10-13(22)9-21-15(23)11-4-6-20-7-5-11/h1-3,8,11,13,20,22H,4-7,9-10H2,(H,21,23). The number of piperidine rings is 1. The highest BCUT2D eigenvalue weighted by Gasteiger charge is 2.30. The van der Waals surface area contributed by atoms with Gasteiger partial charge in [-0.2, -0.15) is 13.2 Å². The number of hydrogen-bond donors (Lipinski definition) is 3. The van der Waals surface area contributed by atoms with Gasteiger partial charge < -0.3 is 20.5 Å². The highest BCUT2D eigenvalue weighted by molar-refractivity contribution is 5.78. The van der Waals surface area contributed by atoms with Gasteiger partial charge in [-0.3, -0.25) is 4.79 Å². The van der Waals surface area contributed by atoms with E-state index in [0.717, 1.165) is 38.1 Å². The first-order valence-electron chi connectivity index (χ1n) is 7.83. The second-order valence-corrected chi connectivity index (χ2v) is 5.76. The molecule has 0 radical (unpaired) electrons. The third-order valence-corrected chi connectivity index (χ3v) is 3.83. The van der Waals surface area contributed by atoms with E-state index in [1.165, 1.54) is 12.1 Å². The van der Waals surface area contributed by atoms with Crippen molar-refractivity contribution in [3.8, 4) is 5.75 Å². The number of carbonyl (C=O) groups excluding carboxylic acids is 1. The lowest BCUT2D eigenvalue weighted by atomic mass is 9.97. The summed E-state index contributed by atoms with van der Waals surface area (Å²) in [4.78, 5) is 11.9. The molecule has 1 saturated heterocycles. The Morgan fingerprint density at radius 1 is 1.38 bits per heavy atom. The largest absolute Gasteiger partial charge is 0.491 e. The molecule has 1 heterocycles. The van der Waals surface area contributed by atoms with Crippen molar-refractivity contribution >= 4 is 5.91 Å². The smallest absolute Gasteiger partial charge is 0.416 e. The molecule has 1 aliphatic heterocycles. The van der Waals surface area contributed by atoms with Crippen LogP contribution in [0.1, 0.15) is 18.4 Å². The first-order chi connectivity index (χ1) is 11.4. The zero-order valence-electron chi connectivity index (χ0n) is 13.1. The SMILES string of the molecule is O=C(NCC(O)COc1cccc(C(F)(F)F)c1)C1CCNCC1. The van der Waals surface area contributed by atoms with Crippen molar-refractivity contribution < 1.29 is 27.8 Å². The summed E-state index contributed by atoms with van der Waals surface area (Å²) in [5.74, 6) is -0.161. The Morgan fingerprint density at radius 3 is 2.75 bits per heavy atom. The fourth-order valence-corrected chi connectivity index (χ4v) is 2.46. The van der Waals surface area contributed by atoms with Crippen LogP contribution in [-0.2, 0) is 11.0 Å². The topological polar surface area (TPSA) is 70.6 Å². The van der Waals surface area contributed by atoms with Gasteiger partial charge in [-0.05, 0) is 44.1 Å². The Kier molecular flexibility index (Phi) is 6.44. The van der Waals surface area contributed by atoms with Crippen LogP contribution in [0.15, 0.2) is 24.3 Å². The molecule has 0 saturated carbocycles. The minimum atomic E-state index is -4.44. The van der Waals surface area contributed by atoms with Gasteiger partial charge in [0.1, 0.15) is 18.5 Å². The molecule has 1 aliphatic rings. The van der Waals surface area contributed by atoms with E-state index < -0.39 is 17.8 Å². The van der Waals surface area contributed by atoms with Crippen LogP contribution in [0.4, 0.5) is 13.2 Å². The Morgan fingerprint density at radius 2 is 2.08 bits per heavy atom. The van der Waals surface area contributed by atoms with E-state index in [4.69, 9.17) is 4.74 Å². The molecule has 1 atom stereocenters. The predicted molar refractivity (Wildman–Crippen MR) is 81.5 cm³/mol. The summed E-state index contributed by atoms with van der Waals surface area (Å²) in [5, 5.41) is 15.6. The Labute approximate surface area is 138 Å². The molecule has 0 bridgehead atoms. The van der Waals surface area contributed by atoms with Crippen LogP contribution in [0.5, 0.6) is 5.75 Å². The summed E-state index contributed by atoms with van der Waals surface area (Å²) < 4.78 is 43.0. The van der Waals surface area contributed by atoms with Gasteiger partial charge >= 0.3 is 6.18 Å². The quantitative estimate of drug-likeness (QED) is 0.731. The first kappa shape index (κ1) is 18.5. The third kappa shape index (κ3) is 5.68. The second kappa shape index (κ2) is 8.34. The van der Waals surface area contributed by atoms with E-state index in [0.29, 0.717) is 0 Å². The molecule has 0 aromatic heterocycles. The van der Waals surface area contributed by atoms with E-state index in [9.17, 15) is 23.1 Å². The van der Waals surface area contributed by atoms with E-state index >= 15 is 0 Å². The number of amides is 1. The Balaban J connectivity index is 1.75. The molecule has 134 valence electrons. The van der Waals surface area contributed by atoms with Gasteiger partial charge in [0.05, 0.1) is 5.56 Å². The molecule has 1 fully saturated rings. The minimum Gasteiger partial charge on any atom is -0.491 e. The molecule has 2 rings (SSSR count). The number of aliphatic hydroxyl groups excluding tert-OH is 1. The molecule has 0 aliphatic carbocycles. The number of halogens is 3. The predicted octanol–water partition coefficient (Wildman–Crippen LogP) is 1.56. The monoisotopic (exact) mass is 346 g/mol. The van der Waals surface area contributed by atoms with Crippen molar-refractivity contribution in [1.29, 1.82) is 0 Å². The molecular weight excluding hydrogens is 325 g/mol. The summed E-state index contributed by atoms with van der Waals surface area (Å²) in [6.45, 7) is 1.38.